The Morgan fingerprint density at radius 3 is 2.94 bits per heavy atom. The van der Waals surface area contributed by atoms with Crippen molar-refractivity contribution in [1.82, 2.24) is 14.8 Å². The molecule has 1 atom stereocenters. The van der Waals surface area contributed by atoms with E-state index < -0.39 is 6.23 Å². The van der Waals surface area contributed by atoms with E-state index in [1.54, 1.807) is 28.2 Å². The number of carbonyl (C=O) groups is 1. The summed E-state index contributed by atoms with van der Waals surface area (Å²) in [6.45, 7) is 1.58. The van der Waals surface area contributed by atoms with Crippen molar-refractivity contribution in [2.75, 3.05) is 19.6 Å². The summed E-state index contributed by atoms with van der Waals surface area (Å²) in [6, 6.07) is -0.101. The van der Waals surface area contributed by atoms with Gasteiger partial charge in [-0.2, -0.15) is 4.57 Å². The van der Waals surface area contributed by atoms with Crippen LogP contribution in [0.15, 0.2) is 18.7 Å². The van der Waals surface area contributed by atoms with Gasteiger partial charge >= 0.3 is 6.03 Å². The van der Waals surface area contributed by atoms with Crippen molar-refractivity contribution in [3.8, 4) is 0 Å². The third kappa shape index (κ3) is 2.92. The number of nitrogens with zero attached hydrogens (tertiary/aromatic N) is 3. The minimum absolute atomic E-state index is 0. The third-order valence-corrected chi connectivity index (χ3v) is 2.42. The smallest absolute Gasteiger partial charge is 0.415 e. The first kappa shape index (κ1) is 13.4. The van der Waals surface area contributed by atoms with Crippen molar-refractivity contribution >= 4 is 6.03 Å². The molecule has 16 heavy (non-hydrogen) atoms. The third-order valence-electron chi connectivity index (χ3n) is 2.42. The Kier molecular flexibility index (Phi) is 4.69. The van der Waals surface area contributed by atoms with E-state index >= 15 is 0 Å². The van der Waals surface area contributed by atoms with E-state index in [1.165, 1.54) is 4.57 Å². The minimum atomic E-state index is -0.619. The van der Waals surface area contributed by atoms with Gasteiger partial charge < -0.3 is 29.1 Å². The number of aromatic nitrogens is 2. The van der Waals surface area contributed by atoms with E-state index in [-0.39, 0.29) is 30.0 Å². The number of amides is 1. The van der Waals surface area contributed by atoms with Gasteiger partial charge in [0, 0.05) is 13.1 Å². The molecule has 0 bridgehead atoms. The molecule has 7 heteroatoms. The quantitative estimate of drug-likeness (QED) is 0.370. The Hall–Kier alpha value is -0.670. The first-order chi connectivity index (χ1) is 7.16. The first-order valence-electron chi connectivity index (χ1n) is 4.91. The van der Waals surface area contributed by atoms with Gasteiger partial charge in [0.05, 0.1) is 13.6 Å². The Bertz CT molecular complexity index is 368. The monoisotopic (exact) mass is 338 g/mol. The second-order valence-corrected chi connectivity index (χ2v) is 3.68. The molecule has 1 aromatic rings. The second-order valence-electron chi connectivity index (χ2n) is 3.68. The van der Waals surface area contributed by atoms with Crippen LogP contribution in [0.2, 0.25) is 0 Å². The zero-order valence-corrected chi connectivity index (χ0v) is 11.2. The molecule has 2 N–H and O–H groups in total. The molecule has 1 saturated heterocycles. The van der Waals surface area contributed by atoms with Gasteiger partial charge in [0.1, 0.15) is 18.6 Å². The summed E-state index contributed by atoms with van der Waals surface area (Å²) < 4.78 is 3.31. The number of hydrogen-bond donors (Lipinski definition) is 2. The van der Waals surface area contributed by atoms with Gasteiger partial charge in [-0.05, 0) is 0 Å². The molecule has 1 fully saturated rings. The Labute approximate surface area is 111 Å². The number of aryl methyl sites for hydroxylation is 1. The average Bonchev–Trinajstić information content (AvgIpc) is 2.64. The Morgan fingerprint density at radius 1 is 1.62 bits per heavy atom. The number of aliphatic hydroxyl groups is 1. The number of aliphatic hydroxyl groups excluding tert-OH is 1. The maximum absolute atomic E-state index is 11.9. The van der Waals surface area contributed by atoms with Crippen LogP contribution < -0.4 is 33.9 Å². The van der Waals surface area contributed by atoms with E-state index in [9.17, 15) is 9.90 Å². The van der Waals surface area contributed by atoms with Gasteiger partial charge in [0.15, 0.2) is 0 Å². The molecule has 2 rings (SSSR count). The fourth-order valence-corrected chi connectivity index (χ4v) is 1.63. The number of nitrogens with one attached hydrogen (secondary N) is 1. The first-order valence-corrected chi connectivity index (χ1v) is 4.91. The van der Waals surface area contributed by atoms with Crippen LogP contribution in [-0.4, -0.2) is 46.5 Å². The fourth-order valence-electron chi connectivity index (χ4n) is 1.63. The summed E-state index contributed by atoms with van der Waals surface area (Å²) >= 11 is 0. The van der Waals surface area contributed by atoms with Crippen molar-refractivity contribution in [1.29, 1.82) is 0 Å². The van der Waals surface area contributed by atoms with Crippen molar-refractivity contribution in [2.24, 2.45) is 7.05 Å². The predicted octanol–water partition coefficient (Wildman–Crippen LogP) is -4.49. The van der Waals surface area contributed by atoms with Gasteiger partial charge in [0.2, 0.25) is 0 Å². The van der Waals surface area contributed by atoms with Crippen LogP contribution in [0, 0.1) is 0 Å². The van der Waals surface area contributed by atoms with Crippen molar-refractivity contribution < 1.29 is 38.4 Å². The number of carbonyl (C=O) groups excluding carboxylic acids is 1. The van der Waals surface area contributed by atoms with E-state index in [0.29, 0.717) is 19.6 Å². The van der Waals surface area contributed by atoms with Gasteiger partial charge in [-0.15, -0.1) is 0 Å². The molecule has 1 aliphatic rings. The lowest BCUT2D eigenvalue weighted by molar-refractivity contribution is -0.670. The number of rotatable bonds is 0. The summed E-state index contributed by atoms with van der Waals surface area (Å²) in [6.07, 6.45) is 4.59. The van der Waals surface area contributed by atoms with Crippen LogP contribution in [0.3, 0.4) is 0 Å². The van der Waals surface area contributed by atoms with Gasteiger partial charge in [-0.25, -0.2) is 9.36 Å². The standard InChI is InChI=1S/C9H15N4O2.HI/c1-11-4-5-13(7-11)9(15)12-3-2-10-8(14)6-12;/h4-5,7-8,10,14H,2-3,6H2,1H3;1H/q+1;/p-1. The largest absolute Gasteiger partial charge is 1.00 e. The number of halogens is 1. The molecular weight excluding hydrogens is 323 g/mol. The molecule has 1 unspecified atom stereocenters. The van der Waals surface area contributed by atoms with Gasteiger partial charge in [-0.3, -0.25) is 10.2 Å². The van der Waals surface area contributed by atoms with E-state index in [1.807, 2.05) is 7.05 Å². The molecule has 6 nitrogen and oxygen atoms in total. The lowest BCUT2D eigenvalue weighted by atomic mass is 10.3. The molecule has 2 heterocycles. The summed E-state index contributed by atoms with van der Waals surface area (Å²) in [5.41, 5.74) is 0. The van der Waals surface area contributed by atoms with E-state index in [0.717, 1.165) is 0 Å². The molecule has 0 radical (unpaired) electrons. The van der Waals surface area contributed by atoms with Crippen LogP contribution in [0.4, 0.5) is 4.79 Å². The highest BCUT2D eigenvalue weighted by Gasteiger charge is 2.25. The van der Waals surface area contributed by atoms with Gasteiger partial charge in [0.25, 0.3) is 6.33 Å². The van der Waals surface area contributed by atoms with E-state index in [4.69, 9.17) is 0 Å². The number of β-amino-alcohol motifs (C(OH)–C–C–N with tert-alkyl or cyclic N) is 1. The topological polar surface area (TPSA) is 61.4 Å². The number of hydrogen-bond acceptors (Lipinski definition) is 3. The van der Waals surface area contributed by atoms with Crippen molar-refractivity contribution in [3.63, 3.8) is 0 Å². The molecule has 1 amide bonds. The Morgan fingerprint density at radius 2 is 2.38 bits per heavy atom. The maximum Gasteiger partial charge on any atom is 0.415 e. The normalized spacial score (nSPS) is 20.4. The van der Waals surface area contributed by atoms with Crippen LogP contribution >= 0.6 is 0 Å². The lowest BCUT2D eigenvalue weighted by Crippen LogP contribution is -3.00. The van der Waals surface area contributed by atoms with Gasteiger partial charge in [-0.1, -0.05) is 0 Å². The highest BCUT2D eigenvalue weighted by atomic mass is 127. The molecule has 1 aromatic heterocycles. The van der Waals surface area contributed by atoms with Crippen LogP contribution in [-0.2, 0) is 7.05 Å². The molecule has 0 aliphatic carbocycles. The van der Waals surface area contributed by atoms with Crippen molar-refractivity contribution in [2.45, 2.75) is 6.23 Å². The molecular formula is C9H15IN4O2. The molecule has 90 valence electrons. The summed E-state index contributed by atoms with van der Waals surface area (Å²) in [7, 11) is 1.86. The second kappa shape index (κ2) is 5.60. The highest BCUT2D eigenvalue weighted by Crippen LogP contribution is 2.00. The van der Waals surface area contributed by atoms with E-state index in [2.05, 4.69) is 5.32 Å². The number of imidazole rings is 1. The molecule has 0 aromatic carbocycles. The van der Waals surface area contributed by atoms with Crippen LogP contribution in [0.5, 0.6) is 0 Å². The fraction of sp³-hybridized carbons (Fsp3) is 0.556. The maximum atomic E-state index is 11.9. The van der Waals surface area contributed by atoms with Crippen molar-refractivity contribution in [3.05, 3.63) is 18.7 Å². The van der Waals surface area contributed by atoms with Crippen LogP contribution in [0.25, 0.3) is 0 Å². The average molecular weight is 338 g/mol. The zero-order chi connectivity index (χ0) is 10.8. The minimum Gasteiger partial charge on any atom is -1.00 e. The zero-order valence-electron chi connectivity index (χ0n) is 9.01. The van der Waals surface area contributed by atoms with Crippen LogP contribution in [0.1, 0.15) is 0 Å². The summed E-state index contributed by atoms with van der Waals surface area (Å²) in [4.78, 5) is 13.5. The summed E-state index contributed by atoms with van der Waals surface area (Å²) in [5, 5.41) is 12.2. The highest BCUT2D eigenvalue weighted by molar-refractivity contribution is 5.76. The lowest BCUT2D eigenvalue weighted by Gasteiger charge is -2.28. The molecule has 0 spiro atoms. The summed E-state index contributed by atoms with van der Waals surface area (Å²) in [5.74, 6) is 0. The molecule has 0 saturated carbocycles. The predicted molar refractivity (Wildman–Crippen MR) is 52.0 cm³/mol. The number of piperazine rings is 1. The Balaban J connectivity index is 0.00000128. The SMILES string of the molecule is C[n+]1ccn(C(=O)N2CCNC(O)C2)c1.[I-]. The molecule has 1 aliphatic heterocycles.